The number of nitrogens with one attached hydrogen (secondary N) is 1. The minimum Gasteiger partial charge on any atom is -0.372 e. The summed E-state index contributed by atoms with van der Waals surface area (Å²) in [6.07, 6.45) is 3.51. The molecule has 0 aliphatic rings. The molecule has 0 saturated heterocycles. The maximum Gasteiger partial charge on any atom is 0.280 e. The minimum absolute atomic E-state index is 0.156. The van der Waals surface area contributed by atoms with Crippen LogP contribution in [0.4, 0.5) is 5.69 Å². The van der Waals surface area contributed by atoms with Crippen molar-refractivity contribution in [2.45, 2.75) is 13.8 Å². The molecule has 3 rings (SSSR count). The third-order valence-electron chi connectivity index (χ3n) is 4.22. The van der Waals surface area contributed by atoms with Gasteiger partial charge in [0, 0.05) is 25.0 Å². The third kappa shape index (κ3) is 3.40. The zero-order valence-corrected chi connectivity index (χ0v) is 14.6. The quantitative estimate of drug-likeness (QED) is 0.772. The molecule has 0 unspecified atom stereocenters. The van der Waals surface area contributed by atoms with Gasteiger partial charge < -0.3 is 4.90 Å². The summed E-state index contributed by atoms with van der Waals surface area (Å²) in [5.41, 5.74) is 1.98. The number of benzene rings is 1. The number of rotatable bonds is 5. The molecule has 0 aliphatic carbocycles. The van der Waals surface area contributed by atoms with Gasteiger partial charge in [0.05, 0.1) is 10.6 Å². The van der Waals surface area contributed by atoms with Crippen molar-refractivity contribution >= 4 is 18.3 Å². The lowest BCUT2D eigenvalue weighted by atomic mass is 10.1. The number of pyridine rings is 1. The summed E-state index contributed by atoms with van der Waals surface area (Å²) in [5.74, 6) is 0.550. The summed E-state index contributed by atoms with van der Waals surface area (Å²) in [5, 5.41) is 4.10. The number of anilines is 1. The average Bonchev–Trinajstić information content (AvgIpc) is 2.93. The van der Waals surface area contributed by atoms with Crippen LogP contribution in [0.1, 0.15) is 19.4 Å². The van der Waals surface area contributed by atoms with Gasteiger partial charge in [-0.1, -0.05) is 24.8 Å². The molecule has 5 nitrogen and oxygen atoms in total. The van der Waals surface area contributed by atoms with E-state index in [0.717, 1.165) is 18.7 Å². The molecular formula is C20H22N4O. The molecule has 1 N–H and O–H groups in total. The predicted molar refractivity (Wildman–Crippen MR) is 103 cm³/mol. The van der Waals surface area contributed by atoms with Gasteiger partial charge in [0.25, 0.3) is 5.56 Å². The van der Waals surface area contributed by atoms with Gasteiger partial charge in [-0.2, -0.15) is 0 Å². The Kier molecular flexibility index (Phi) is 4.84. The third-order valence-corrected chi connectivity index (χ3v) is 4.22. The van der Waals surface area contributed by atoms with Gasteiger partial charge in [-0.15, -0.1) is 0 Å². The molecule has 0 atom stereocenters. The zero-order chi connectivity index (χ0) is 17.8. The van der Waals surface area contributed by atoms with Gasteiger partial charge in [0.2, 0.25) is 0 Å². The number of H-pyrrole nitrogens is 1. The van der Waals surface area contributed by atoms with Crippen molar-refractivity contribution in [2.75, 3.05) is 18.0 Å². The molecule has 128 valence electrons. The highest BCUT2D eigenvalue weighted by atomic mass is 16.1. The van der Waals surface area contributed by atoms with E-state index in [2.05, 4.69) is 47.5 Å². The monoisotopic (exact) mass is 334 g/mol. The predicted octanol–water partition coefficient (Wildman–Crippen LogP) is 1.65. The Morgan fingerprint density at radius 1 is 1.16 bits per heavy atom. The van der Waals surface area contributed by atoms with Crippen molar-refractivity contribution < 1.29 is 0 Å². The molecule has 3 aromatic rings. The molecule has 2 aromatic heterocycles. The first-order chi connectivity index (χ1) is 12.1. The van der Waals surface area contributed by atoms with Crippen LogP contribution in [0.25, 0.3) is 18.5 Å². The van der Waals surface area contributed by atoms with Crippen LogP contribution < -0.4 is 21.0 Å². The normalized spacial score (nSPS) is 11.7. The maximum atomic E-state index is 12.7. The van der Waals surface area contributed by atoms with E-state index in [4.69, 9.17) is 0 Å². The Labute approximate surface area is 146 Å². The Balaban J connectivity index is 2.01. The first kappa shape index (κ1) is 16.8. The van der Waals surface area contributed by atoms with Crippen LogP contribution in [0, 0.1) is 0 Å². The summed E-state index contributed by atoms with van der Waals surface area (Å²) < 4.78 is 1.42. The fraction of sp³-hybridized carbons (Fsp3) is 0.200. The lowest BCUT2D eigenvalue weighted by Crippen LogP contribution is -2.34. The van der Waals surface area contributed by atoms with Crippen LogP contribution >= 0.6 is 0 Å². The lowest BCUT2D eigenvalue weighted by Gasteiger charge is -2.20. The molecule has 1 aromatic carbocycles. The first-order valence-corrected chi connectivity index (χ1v) is 8.42. The summed E-state index contributed by atoms with van der Waals surface area (Å²) >= 11 is 0. The van der Waals surface area contributed by atoms with E-state index in [0.29, 0.717) is 16.4 Å². The van der Waals surface area contributed by atoms with E-state index in [9.17, 15) is 4.79 Å². The second-order valence-corrected chi connectivity index (χ2v) is 5.74. The Bertz CT molecular complexity index is 997. The Hall–Kier alpha value is -3.08. The van der Waals surface area contributed by atoms with Crippen molar-refractivity contribution in [3.8, 4) is 5.82 Å². The maximum absolute atomic E-state index is 12.7. The van der Waals surface area contributed by atoms with E-state index in [-0.39, 0.29) is 5.56 Å². The number of hydrogen-bond donors (Lipinski definition) is 1. The number of nitrogens with zero attached hydrogens (tertiary/aromatic N) is 3. The molecule has 0 saturated carbocycles. The lowest BCUT2D eigenvalue weighted by molar-refractivity contribution is 0.809. The molecular weight excluding hydrogens is 312 g/mol. The van der Waals surface area contributed by atoms with E-state index in [1.807, 2.05) is 30.3 Å². The summed E-state index contributed by atoms with van der Waals surface area (Å²) in [6, 6.07) is 13.6. The fourth-order valence-electron chi connectivity index (χ4n) is 2.83. The number of aromatic nitrogens is 3. The largest absolute Gasteiger partial charge is 0.372 e. The van der Waals surface area contributed by atoms with Crippen molar-refractivity contribution in [1.82, 2.24) is 14.8 Å². The van der Waals surface area contributed by atoms with Crippen molar-refractivity contribution in [1.29, 1.82) is 0 Å². The summed E-state index contributed by atoms with van der Waals surface area (Å²) in [7, 11) is 0. The van der Waals surface area contributed by atoms with E-state index < -0.39 is 0 Å². The molecule has 0 bridgehead atoms. The van der Waals surface area contributed by atoms with Crippen LogP contribution in [0.5, 0.6) is 0 Å². The minimum atomic E-state index is -0.156. The SMILES string of the molecule is C=c1[nH]n(-c2ccccn2)c(=O)c1=Cc1ccc(N(CC)CC)cc1. The van der Waals surface area contributed by atoms with Gasteiger partial charge >= 0.3 is 0 Å². The average molecular weight is 334 g/mol. The second-order valence-electron chi connectivity index (χ2n) is 5.74. The topological polar surface area (TPSA) is 53.9 Å². The molecule has 0 fully saturated rings. The van der Waals surface area contributed by atoms with Crippen LogP contribution in [0.3, 0.4) is 0 Å². The molecule has 5 heteroatoms. The standard InChI is InChI=1S/C20H22N4O/c1-4-23(5-2)17-11-9-16(10-12-17)14-18-15(3)22-24(20(18)25)19-8-6-7-13-21-19/h6-14,22H,3-5H2,1-2H3. The Morgan fingerprint density at radius 3 is 2.48 bits per heavy atom. The van der Waals surface area contributed by atoms with Crippen molar-refractivity contribution in [2.24, 2.45) is 0 Å². The van der Waals surface area contributed by atoms with E-state index in [1.165, 1.54) is 10.4 Å². The van der Waals surface area contributed by atoms with Gasteiger partial charge in [0.15, 0.2) is 5.82 Å². The molecule has 2 heterocycles. The zero-order valence-electron chi connectivity index (χ0n) is 14.6. The van der Waals surface area contributed by atoms with E-state index in [1.54, 1.807) is 12.3 Å². The molecule has 0 radical (unpaired) electrons. The molecule has 0 aliphatic heterocycles. The number of hydrogen-bond acceptors (Lipinski definition) is 3. The highest BCUT2D eigenvalue weighted by Crippen LogP contribution is 2.14. The highest BCUT2D eigenvalue weighted by Gasteiger charge is 2.05. The van der Waals surface area contributed by atoms with Crippen LogP contribution in [-0.4, -0.2) is 27.9 Å². The van der Waals surface area contributed by atoms with Crippen molar-refractivity contribution in [3.63, 3.8) is 0 Å². The number of aromatic amines is 1. The second kappa shape index (κ2) is 7.21. The highest BCUT2D eigenvalue weighted by molar-refractivity contribution is 5.56. The fourth-order valence-corrected chi connectivity index (χ4v) is 2.83. The molecule has 25 heavy (non-hydrogen) atoms. The van der Waals surface area contributed by atoms with Gasteiger partial charge in [0.1, 0.15) is 0 Å². The van der Waals surface area contributed by atoms with Crippen molar-refractivity contribution in [3.05, 3.63) is 75.1 Å². The Morgan fingerprint density at radius 2 is 1.88 bits per heavy atom. The van der Waals surface area contributed by atoms with E-state index >= 15 is 0 Å². The summed E-state index contributed by atoms with van der Waals surface area (Å²) in [6.45, 7) is 10.2. The molecule has 0 spiro atoms. The first-order valence-electron chi connectivity index (χ1n) is 8.42. The van der Waals surface area contributed by atoms with Crippen LogP contribution in [0.2, 0.25) is 0 Å². The van der Waals surface area contributed by atoms with Gasteiger partial charge in [-0.3, -0.25) is 9.89 Å². The summed E-state index contributed by atoms with van der Waals surface area (Å²) in [4.78, 5) is 19.2. The molecule has 0 amide bonds. The van der Waals surface area contributed by atoms with Gasteiger partial charge in [-0.25, -0.2) is 9.67 Å². The van der Waals surface area contributed by atoms with Gasteiger partial charge in [-0.05, 0) is 49.8 Å². The van der Waals surface area contributed by atoms with Crippen LogP contribution in [-0.2, 0) is 0 Å². The smallest absolute Gasteiger partial charge is 0.280 e. The van der Waals surface area contributed by atoms with Crippen LogP contribution in [0.15, 0.2) is 53.5 Å².